The minimum Gasteiger partial charge on any atom is -0.378 e. The summed E-state index contributed by atoms with van der Waals surface area (Å²) in [5.41, 5.74) is 1.92. The van der Waals surface area contributed by atoms with Gasteiger partial charge in [-0.3, -0.25) is 4.79 Å². The van der Waals surface area contributed by atoms with Gasteiger partial charge in [-0.2, -0.15) is 0 Å². The third kappa shape index (κ3) is 4.50. The molecule has 0 radical (unpaired) electrons. The summed E-state index contributed by atoms with van der Waals surface area (Å²) in [5, 5.41) is 0. The van der Waals surface area contributed by atoms with Crippen LogP contribution in [0.4, 0.5) is 5.95 Å². The Morgan fingerprint density at radius 2 is 1.79 bits per heavy atom. The van der Waals surface area contributed by atoms with E-state index in [4.69, 9.17) is 4.74 Å². The van der Waals surface area contributed by atoms with Crippen LogP contribution in [-0.4, -0.2) is 59.7 Å². The molecule has 2 aromatic rings. The Bertz CT molecular complexity index is 760. The molecule has 4 rings (SSSR count). The monoisotopic (exact) mass is 380 g/mol. The van der Waals surface area contributed by atoms with E-state index in [1.807, 2.05) is 11.0 Å². The topological polar surface area (TPSA) is 58.6 Å². The lowest BCUT2D eigenvalue weighted by molar-refractivity contribution is 0.0601. The summed E-state index contributed by atoms with van der Waals surface area (Å²) >= 11 is 0. The number of aromatic nitrogens is 2. The molecule has 1 unspecified atom stereocenters. The van der Waals surface area contributed by atoms with E-state index in [2.05, 4.69) is 39.1 Å². The van der Waals surface area contributed by atoms with Crippen molar-refractivity contribution in [2.24, 2.45) is 0 Å². The van der Waals surface area contributed by atoms with Gasteiger partial charge in [-0.15, -0.1) is 0 Å². The minimum atomic E-state index is 0.0614. The lowest BCUT2D eigenvalue weighted by atomic mass is 9.95. The summed E-state index contributed by atoms with van der Waals surface area (Å²) < 4.78 is 5.37. The molecular formula is C22H28N4O2. The zero-order chi connectivity index (χ0) is 19.2. The number of nitrogens with zero attached hydrogens (tertiary/aromatic N) is 4. The molecule has 28 heavy (non-hydrogen) atoms. The quantitative estimate of drug-likeness (QED) is 0.798. The van der Waals surface area contributed by atoms with Gasteiger partial charge in [-0.05, 0) is 37.7 Å². The van der Waals surface area contributed by atoms with Gasteiger partial charge < -0.3 is 14.5 Å². The van der Waals surface area contributed by atoms with E-state index in [0.717, 1.165) is 45.3 Å². The molecule has 2 saturated heterocycles. The minimum absolute atomic E-state index is 0.0614. The third-order valence-electron chi connectivity index (χ3n) is 5.68. The molecule has 1 atom stereocenters. The van der Waals surface area contributed by atoms with Gasteiger partial charge >= 0.3 is 0 Å². The predicted octanol–water partition coefficient (Wildman–Crippen LogP) is 2.94. The van der Waals surface area contributed by atoms with Crippen LogP contribution >= 0.6 is 0 Å². The van der Waals surface area contributed by atoms with E-state index < -0.39 is 0 Å². The maximum absolute atomic E-state index is 13.1. The average Bonchev–Trinajstić information content (AvgIpc) is 2.79. The summed E-state index contributed by atoms with van der Waals surface area (Å²) in [5.74, 6) is 0.741. The highest BCUT2D eigenvalue weighted by atomic mass is 16.5. The van der Waals surface area contributed by atoms with Gasteiger partial charge in [0.2, 0.25) is 5.95 Å². The number of likely N-dealkylation sites (tertiary alicyclic amines) is 1. The second kappa shape index (κ2) is 9.15. The van der Waals surface area contributed by atoms with Crippen molar-refractivity contribution in [3.63, 3.8) is 0 Å². The zero-order valence-corrected chi connectivity index (χ0v) is 16.3. The molecule has 0 bridgehead atoms. The molecule has 148 valence electrons. The molecular weight excluding hydrogens is 352 g/mol. The summed E-state index contributed by atoms with van der Waals surface area (Å²) in [6, 6.07) is 10.8. The summed E-state index contributed by atoms with van der Waals surface area (Å²) in [6.45, 7) is 3.80. The van der Waals surface area contributed by atoms with Gasteiger partial charge in [-0.25, -0.2) is 9.97 Å². The van der Waals surface area contributed by atoms with Crippen LogP contribution in [0.3, 0.4) is 0 Å². The second-order valence-electron chi connectivity index (χ2n) is 7.54. The standard InChI is InChI=1S/C22H28N4O2/c27-21(19-16-23-22(24-17-19)25-12-14-28-15-13-25)26-11-5-4-8-20(26)10-9-18-6-2-1-3-7-18/h1-3,6-7,16-17,20H,4-5,8-15H2. The van der Waals surface area contributed by atoms with Gasteiger partial charge in [0.15, 0.2) is 0 Å². The van der Waals surface area contributed by atoms with Crippen molar-refractivity contribution < 1.29 is 9.53 Å². The van der Waals surface area contributed by atoms with Crippen LogP contribution in [0.2, 0.25) is 0 Å². The van der Waals surface area contributed by atoms with Crippen molar-refractivity contribution in [1.82, 2.24) is 14.9 Å². The maximum atomic E-state index is 13.1. The first-order valence-electron chi connectivity index (χ1n) is 10.3. The van der Waals surface area contributed by atoms with Crippen LogP contribution < -0.4 is 4.90 Å². The van der Waals surface area contributed by atoms with E-state index in [9.17, 15) is 4.79 Å². The Labute approximate surface area is 166 Å². The highest BCUT2D eigenvalue weighted by Gasteiger charge is 2.28. The SMILES string of the molecule is O=C(c1cnc(N2CCOCC2)nc1)N1CCCCC1CCc1ccccc1. The summed E-state index contributed by atoms with van der Waals surface area (Å²) in [6.07, 6.45) is 8.71. The molecule has 2 fully saturated rings. The average molecular weight is 380 g/mol. The normalized spacial score (nSPS) is 20.2. The third-order valence-corrected chi connectivity index (χ3v) is 5.68. The number of hydrogen-bond acceptors (Lipinski definition) is 5. The van der Waals surface area contributed by atoms with Crippen LogP contribution in [0.25, 0.3) is 0 Å². The van der Waals surface area contributed by atoms with Gasteiger partial charge in [-0.1, -0.05) is 30.3 Å². The van der Waals surface area contributed by atoms with Crippen LogP contribution in [0, 0.1) is 0 Å². The fraction of sp³-hybridized carbons (Fsp3) is 0.500. The lowest BCUT2D eigenvalue weighted by Crippen LogP contribution is -2.44. The number of aryl methyl sites for hydroxylation is 1. The van der Waals surface area contributed by atoms with E-state index in [1.54, 1.807) is 12.4 Å². The van der Waals surface area contributed by atoms with E-state index >= 15 is 0 Å². The summed E-state index contributed by atoms with van der Waals surface area (Å²) in [7, 11) is 0. The van der Waals surface area contributed by atoms with Crippen molar-refractivity contribution in [3.05, 3.63) is 53.9 Å². The molecule has 2 aliphatic rings. The maximum Gasteiger partial charge on any atom is 0.257 e. The predicted molar refractivity (Wildman–Crippen MR) is 109 cm³/mol. The highest BCUT2D eigenvalue weighted by Crippen LogP contribution is 2.23. The number of hydrogen-bond donors (Lipinski definition) is 0. The smallest absolute Gasteiger partial charge is 0.257 e. The molecule has 1 aromatic carbocycles. The number of rotatable bonds is 5. The molecule has 0 N–H and O–H groups in total. The number of benzene rings is 1. The number of carbonyl (C=O) groups is 1. The Hall–Kier alpha value is -2.47. The van der Waals surface area contributed by atoms with Gasteiger partial charge in [0, 0.05) is 38.1 Å². The van der Waals surface area contributed by atoms with Crippen molar-refractivity contribution in [1.29, 1.82) is 0 Å². The molecule has 0 aliphatic carbocycles. The first-order chi connectivity index (χ1) is 13.8. The first-order valence-corrected chi connectivity index (χ1v) is 10.3. The van der Waals surface area contributed by atoms with Crippen molar-refractivity contribution >= 4 is 11.9 Å². The van der Waals surface area contributed by atoms with Gasteiger partial charge in [0.05, 0.1) is 18.8 Å². The Balaban J connectivity index is 1.41. The fourth-order valence-corrected chi connectivity index (χ4v) is 4.07. The number of carbonyl (C=O) groups excluding carboxylic acids is 1. The molecule has 0 saturated carbocycles. The van der Waals surface area contributed by atoms with E-state index in [-0.39, 0.29) is 5.91 Å². The highest BCUT2D eigenvalue weighted by molar-refractivity contribution is 5.94. The Morgan fingerprint density at radius 1 is 1.04 bits per heavy atom. The number of anilines is 1. The lowest BCUT2D eigenvalue weighted by Gasteiger charge is -2.36. The molecule has 1 amide bonds. The fourth-order valence-electron chi connectivity index (χ4n) is 4.07. The number of ether oxygens (including phenoxy) is 1. The van der Waals surface area contributed by atoms with E-state index in [1.165, 1.54) is 12.0 Å². The van der Waals surface area contributed by atoms with E-state index in [0.29, 0.717) is 30.8 Å². The van der Waals surface area contributed by atoms with Crippen LogP contribution in [0.5, 0.6) is 0 Å². The van der Waals surface area contributed by atoms with Crippen molar-refractivity contribution in [2.75, 3.05) is 37.7 Å². The second-order valence-corrected chi connectivity index (χ2v) is 7.54. The largest absolute Gasteiger partial charge is 0.378 e. The molecule has 6 heteroatoms. The molecule has 2 aliphatic heterocycles. The first kappa shape index (κ1) is 18.9. The van der Waals surface area contributed by atoms with Gasteiger partial charge in [0.1, 0.15) is 0 Å². The number of morpholine rings is 1. The Kier molecular flexibility index (Phi) is 6.17. The van der Waals surface area contributed by atoms with Gasteiger partial charge in [0.25, 0.3) is 5.91 Å². The Morgan fingerprint density at radius 3 is 2.54 bits per heavy atom. The molecule has 0 spiro atoms. The zero-order valence-electron chi connectivity index (χ0n) is 16.3. The number of piperidine rings is 1. The summed E-state index contributed by atoms with van der Waals surface area (Å²) in [4.78, 5) is 26.2. The molecule has 6 nitrogen and oxygen atoms in total. The number of amides is 1. The van der Waals surface area contributed by atoms with Crippen LogP contribution in [-0.2, 0) is 11.2 Å². The molecule has 3 heterocycles. The van der Waals surface area contributed by atoms with Crippen LogP contribution in [0.1, 0.15) is 41.6 Å². The van der Waals surface area contributed by atoms with Crippen molar-refractivity contribution in [3.8, 4) is 0 Å². The van der Waals surface area contributed by atoms with Crippen molar-refractivity contribution in [2.45, 2.75) is 38.1 Å². The van der Waals surface area contributed by atoms with Crippen LogP contribution in [0.15, 0.2) is 42.7 Å². The molecule has 1 aromatic heterocycles.